The van der Waals surface area contributed by atoms with Crippen LogP contribution >= 0.6 is 27.3 Å². The summed E-state index contributed by atoms with van der Waals surface area (Å²) in [5.41, 5.74) is 7.67. The monoisotopic (exact) mass is 326 g/mol. The van der Waals surface area contributed by atoms with E-state index in [1.54, 1.807) is 12.1 Å². The van der Waals surface area contributed by atoms with Crippen molar-refractivity contribution in [3.05, 3.63) is 39.1 Å². The maximum absolute atomic E-state index is 13.8. The molecule has 0 aliphatic heterocycles. The molecule has 0 bridgehead atoms. The largest absolute Gasteiger partial charge is 0.323 e. The van der Waals surface area contributed by atoms with Crippen LogP contribution in [0.2, 0.25) is 0 Å². The Morgan fingerprint density at radius 3 is 3.06 bits per heavy atom. The van der Waals surface area contributed by atoms with Crippen molar-refractivity contribution in [3.63, 3.8) is 0 Å². The van der Waals surface area contributed by atoms with Crippen LogP contribution < -0.4 is 5.73 Å². The Kier molecular flexibility index (Phi) is 3.21. The molecule has 3 rings (SSSR count). The van der Waals surface area contributed by atoms with Crippen molar-refractivity contribution >= 4 is 27.3 Å². The Bertz CT molecular complexity index is 597. The Hall–Kier alpha value is -0.780. The van der Waals surface area contributed by atoms with Gasteiger partial charge >= 0.3 is 0 Å². The quantitative estimate of drug-likeness (QED) is 0.858. The number of halogens is 2. The summed E-state index contributed by atoms with van der Waals surface area (Å²) in [7, 11) is 0. The molecule has 0 radical (unpaired) electrons. The first-order valence-electron chi connectivity index (χ1n) is 5.86. The smallest absolute Gasteiger partial charge is 0.133 e. The first-order chi connectivity index (χ1) is 8.65. The van der Waals surface area contributed by atoms with E-state index in [9.17, 15) is 4.39 Å². The predicted octanol–water partition coefficient (Wildman–Crippen LogP) is 4.05. The van der Waals surface area contributed by atoms with Crippen molar-refractivity contribution in [2.45, 2.75) is 25.3 Å². The fourth-order valence-corrected chi connectivity index (χ4v) is 3.76. The number of benzene rings is 1. The summed E-state index contributed by atoms with van der Waals surface area (Å²) >= 11 is 4.89. The molecule has 5 heteroatoms. The van der Waals surface area contributed by atoms with Crippen LogP contribution in [0, 0.1) is 5.82 Å². The highest BCUT2D eigenvalue weighted by atomic mass is 79.9. The number of fused-ring (bicyclic) bond motifs is 1. The molecule has 2 nitrogen and oxygen atoms in total. The third-order valence-electron chi connectivity index (χ3n) is 3.15. The first kappa shape index (κ1) is 12.3. The predicted molar refractivity (Wildman–Crippen MR) is 75.1 cm³/mol. The van der Waals surface area contributed by atoms with Crippen molar-refractivity contribution in [3.8, 4) is 10.6 Å². The van der Waals surface area contributed by atoms with Crippen molar-refractivity contribution in [1.29, 1.82) is 0 Å². The van der Waals surface area contributed by atoms with E-state index in [-0.39, 0.29) is 11.9 Å². The normalized spacial score (nSPS) is 18.7. The fourth-order valence-electron chi connectivity index (χ4n) is 2.23. The molecular formula is C13H12BrFN2S. The van der Waals surface area contributed by atoms with E-state index >= 15 is 0 Å². The Morgan fingerprint density at radius 2 is 2.28 bits per heavy atom. The number of nitrogens with zero attached hydrogens (tertiary/aromatic N) is 1. The van der Waals surface area contributed by atoms with E-state index in [4.69, 9.17) is 5.73 Å². The molecule has 0 amide bonds. The van der Waals surface area contributed by atoms with Crippen molar-refractivity contribution in [2.24, 2.45) is 5.73 Å². The lowest BCUT2D eigenvalue weighted by atomic mass is 9.99. The average Bonchev–Trinajstić information content (AvgIpc) is 2.77. The van der Waals surface area contributed by atoms with Crippen LogP contribution in [0.25, 0.3) is 10.6 Å². The zero-order valence-corrected chi connectivity index (χ0v) is 12.0. The van der Waals surface area contributed by atoms with Gasteiger partial charge < -0.3 is 5.73 Å². The number of aryl methyl sites for hydroxylation is 1. The lowest BCUT2D eigenvalue weighted by Crippen LogP contribution is -2.15. The molecule has 0 saturated carbocycles. The molecule has 1 aromatic carbocycles. The van der Waals surface area contributed by atoms with Crippen molar-refractivity contribution < 1.29 is 4.39 Å². The van der Waals surface area contributed by atoms with E-state index in [1.165, 1.54) is 17.4 Å². The Morgan fingerprint density at radius 1 is 1.44 bits per heavy atom. The molecule has 1 heterocycles. The molecular weight excluding hydrogens is 315 g/mol. The van der Waals surface area contributed by atoms with Gasteiger partial charge in [-0.05, 0) is 37.5 Å². The van der Waals surface area contributed by atoms with Gasteiger partial charge in [0.2, 0.25) is 0 Å². The van der Waals surface area contributed by atoms with E-state index in [0.717, 1.165) is 39.3 Å². The van der Waals surface area contributed by atoms with Gasteiger partial charge in [-0.1, -0.05) is 15.9 Å². The number of thiazole rings is 1. The second-order valence-corrected chi connectivity index (χ2v) is 6.40. The average molecular weight is 327 g/mol. The maximum atomic E-state index is 13.8. The minimum atomic E-state index is -0.238. The number of rotatable bonds is 1. The summed E-state index contributed by atoms with van der Waals surface area (Å²) < 4.78 is 14.7. The molecule has 1 atom stereocenters. The minimum Gasteiger partial charge on any atom is -0.323 e. The number of hydrogen-bond acceptors (Lipinski definition) is 3. The van der Waals surface area contributed by atoms with Gasteiger partial charge in [-0.15, -0.1) is 11.3 Å². The van der Waals surface area contributed by atoms with Crippen LogP contribution in [0.15, 0.2) is 22.7 Å². The third kappa shape index (κ3) is 2.11. The highest BCUT2D eigenvalue weighted by Gasteiger charge is 2.23. The Labute approximate surface area is 117 Å². The van der Waals surface area contributed by atoms with Gasteiger partial charge in [0.05, 0.1) is 5.69 Å². The molecule has 0 saturated heterocycles. The van der Waals surface area contributed by atoms with Crippen LogP contribution in [0.3, 0.4) is 0 Å². The highest BCUT2D eigenvalue weighted by Crippen LogP contribution is 2.38. The summed E-state index contributed by atoms with van der Waals surface area (Å²) in [4.78, 5) is 5.67. The molecule has 1 unspecified atom stereocenters. The van der Waals surface area contributed by atoms with E-state index in [2.05, 4.69) is 20.9 Å². The van der Waals surface area contributed by atoms with Gasteiger partial charge in [-0.25, -0.2) is 9.37 Å². The number of nitrogens with two attached hydrogens (primary N) is 1. The van der Waals surface area contributed by atoms with E-state index < -0.39 is 0 Å². The highest BCUT2D eigenvalue weighted by molar-refractivity contribution is 9.10. The molecule has 0 fully saturated rings. The first-order valence-corrected chi connectivity index (χ1v) is 7.46. The van der Waals surface area contributed by atoms with Crippen LogP contribution in [-0.4, -0.2) is 4.98 Å². The summed E-state index contributed by atoms with van der Waals surface area (Å²) in [6.45, 7) is 0. The third-order valence-corrected chi connectivity index (χ3v) is 4.91. The van der Waals surface area contributed by atoms with Crippen molar-refractivity contribution in [1.82, 2.24) is 4.98 Å². The number of aromatic nitrogens is 1. The molecule has 18 heavy (non-hydrogen) atoms. The lowest BCUT2D eigenvalue weighted by molar-refractivity contribution is 0.573. The molecule has 1 aromatic heterocycles. The van der Waals surface area contributed by atoms with Gasteiger partial charge in [0.1, 0.15) is 10.8 Å². The van der Waals surface area contributed by atoms with Gasteiger partial charge in [0, 0.05) is 21.0 Å². The SMILES string of the molecule is NC1CCCc2nc(-c3cc(Br)ccc3F)sc21. The topological polar surface area (TPSA) is 38.9 Å². The van der Waals surface area contributed by atoms with Crippen LogP contribution in [0.1, 0.15) is 29.5 Å². The second-order valence-electron chi connectivity index (χ2n) is 4.45. The standard InChI is InChI=1S/C13H12BrFN2S/c14-7-4-5-9(15)8(6-7)13-17-11-3-1-2-10(16)12(11)18-13/h4-6,10H,1-3,16H2. The van der Waals surface area contributed by atoms with E-state index in [0.29, 0.717) is 5.56 Å². The zero-order chi connectivity index (χ0) is 12.7. The lowest BCUT2D eigenvalue weighted by Gasteiger charge is -2.15. The van der Waals surface area contributed by atoms with E-state index in [1.807, 2.05) is 0 Å². The zero-order valence-electron chi connectivity index (χ0n) is 9.62. The molecule has 94 valence electrons. The summed E-state index contributed by atoms with van der Waals surface area (Å²) in [5, 5.41) is 0.733. The maximum Gasteiger partial charge on any atom is 0.133 e. The fraction of sp³-hybridized carbons (Fsp3) is 0.308. The molecule has 2 aromatic rings. The molecule has 0 spiro atoms. The van der Waals surface area contributed by atoms with Crippen LogP contribution in [0.5, 0.6) is 0 Å². The second kappa shape index (κ2) is 4.72. The van der Waals surface area contributed by atoms with Gasteiger partial charge in [0.15, 0.2) is 0 Å². The van der Waals surface area contributed by atoms with Gasteiger partial charge in [-0.2, -0.15) is 0 Å². The number of hydrogen-bond donors (Lipinski definition) is 1. The van der Waals surface area contributed by atoms with Crippen LogP contribution in [-0.2, 0) is 6.42 Å². The van der Waals surface area contributed by atoms with Gasteiger partial charge in [0.25, 0.3) is 0 Å². The molecule has 1 aliphatic carbocycles. The van der Waals surface area contributed by atoms with Crippen LogP contribution in [0.4, 0.5) is 4.39 Å². The van der Waals surface area contributed by atoms with Crippen molar-refractivity contribution in [2.75, 3.05) is 0 Å². The molecule has 2 N–H and O–H groups in total. The summed E-state index contributed by atoms with van der Waals surface area (Å²) in [5.74, 6) is -0.238. The minimum absolute atomic E-state index is 0.0650. The van der Waals surface area contributed by atoms with Gasteiger partial charge in [-0.3, -0.25) is 0 Å². The summed E-state index contributed by atoms with van der Waals surface area (Å²) in [6.07, 6.45) is 3.02. The summed E-state index contributed by atoms with van der Waals surface area (Å²) in [6, 6.07) is 4.98. The molecule has 1 aliphatic rings. The Balaban J connectivity index is 2.10.